The molecule has 4 nitrogen and oxygen atoms in total. The molecule has 0 heterocycles. The van der Waals surface area contributed by atoms with Crippen molar-refractivity contribution in [1.29, 1.82) is 0 Å². The molecule has 0 spiro atoms. The normalized spacial score (nSPS) is 10.1. The summed E-state index contributed by atoms with van der Waals surface area (Å²) in [6, 6.07) is 19.4. The monoisotopic (exact) mass is 428 g/mol. The van der Waals surface area contributed by atoms with Crippen molar-refractivity contribution in [2.24, 2.45) is 0 Å². The summed E-state index contributed by atoms with van der Waals surface area (Å²) in [6.07, 6.45) is 10.2. The van der Waals surface area contributed by atoms with Crippen molar-refractivity contribution < 1.29 is 19.2 Å². The highest BCUT2D eigenvalue weighted by molar-refractivity contribution is 6.19. The molecule has 0 N–H and O–H groups in total. The van der Waals surface area contributed by atoms with Crippen molar-refractivity contribution in [3.05, 3.63) is 107 Å². The highest BCUT2D eigenvalue weighted by Crippen LogP contribution is 2.05. The lowest BCUT2D eigenvalue weighted by Crippen LogP contribution is -2.05. The van der Waals surface area contributed by atoms with Crippen LogP contribution in [0.15, 0.2) is 96.1 Å². The maximum Gasteiger partial charge on any atom is 0.163 e. The van der Waals surface area contributed by atoms with E-state index in [1.165, 1.54) is 27.7 Å². The fraction of sp³-hybridized carbons (Fsp3) is 0.143. The first kappa shape index (κ1) is 26.1. The lowest BCUT2D eigenvalue weighted by molar-refractivity contribution is -0.120. The molecule has 0 atom stereocenters. The van der Waals surface area contributed by atoms with Gasteiger partial charge >= 0.3 is 0 Å². The molecule has 0 radical (unpaired) electrons. The zero-order chi connectivity index (χ0) is 23.9. The van der Waals surface area contributed by atoms with Gasteiger partial charge in [0, 0.05) is 0 Å². The predicted molar refractivity (Wildman–Crippen MR) is 130 cm³/mol. The van der Waals surface area contributed by atoms with Crippen molar-refractivity contribution in [1.82, 2.24) is 0 Å². The minimum absolute atomic E-state index is 0.204. The second kappa shape index (κ2) is 14.1. The third-order valence-corrected chi connectivity index (χ3v) is 4.22. The molecular weight excluding hydrogens is 400 g/mol. The van der Waals surface area contributed by atoms with E-state index in [0.717, 1.165) is 11.1 Å². The average molecular weight is 429 g/mol. The molecule has 0 saturated carbocycles. The Morgan fingerprint density at radius 2 is 0.781 bits per heavy atom. The van der Waals surface area contributed by atoms with Gasteiger partial charge in [0.25, 0.3) is 0 Å². The number of hydrogen-bond acceptors (Lipinski definition) is 4. The molecule has 164 valence electrons. The van der Waals surface area contributed by atoms with Gasteiger partial charge in [-0.25, -0.2) is 0 Å². The molecule has 2 aromatic rings. The highest BCUT2D eigenvalue weighted by Gasteiger charge is 2.07. The fourth-order valence-corrected chi connectivity index (χ4v) is 2.60. The van der Waals surface area contributed by atoms with Crippen molar-refractivity contribution >= 4 is 35.3 Å². The van der Waals surface area contributed by atoms with Crippen molar-refractivity contribution in [3.63, 3.8) is 0 Å². The van der Waals surface area contributed by atoms with Crippen molar-refractivity contribution in [2.45, 2.75) is 27.7 Å². The summed E-state index contributed by atoms with van der Waals surface area (Å²) in [4.78, 5) is 44.4. The molecule has 0 aliphatic carbocycles. The third kappa shape index (κ3) is 10.2. The molecular formula is C28H28O4. The number of benzene rings is 2. The molecule has 0 aliphatic heterocycles. The van der Waals surface area contributed by atoms with Crippen LogP contribution in [0.2, 0.25) is 0 Å². The summed E-state index contributed by atoms with van der Waals surface area (Å²) in [5, 5.41) is 0. The van der Waals surface area contributed by atoms with Gasteiger partial charge in [-0.1, -0.05) is 85.0 Å². The highest BCUT2D eigenvalue weighted by atomic mass is 16.2. The number of carbonyl (C=O) groups excluding carboxylic acids is 4. The van der Waals surface area contributed by atoms with Gasteiger partial charge in [-0.2, -0.15) is 0 Å². The molecule has 0 aliphatic rings. The van der Waals surface area contributed by atoms with Gasteiger partial charge in [0.15, 0.2) is 23.1 Å². The Morgan fingerprint density at radius 3 is 1.03 bits per heavy atom. The largest absolute Gasteiger partial charge is 0.294 e. The second-order valence-electron chi connectivity index (χ2n) is 6.93. The van der Waals surface area contributed by atoms with Gasteiger partial charge in [0.1, 0.15) is 0 Å². The SMILES string of the molecule is CC(=O)C(=C/C=C/c1ccccc1)C(C)=O.CC(=O)C(=C/C=C/c1ccccc1)C(C)=O. The molecule has 2 aromatic carbocycles. The molecule has 0 bridgehead atoms. The molecule has 4 heteroatoms. The van der Waals surface area contributed by atoms with E-state index in [1.807, 2.05) is 72.8 Å². The first-order chi connectivity index (χ1) is 15.2. The van der Waals surface area contributed by atoms with Crippen LogP contribution in [0.4, 0.5) is 0 Å². The van der Waals surface area contributed by atoms with E-state index in [9.17, 15) is 19.2 Å². The summed E-state index contributed by atoms with van der Waals surface area (Å²) >= 11 is 0. The lowest BCUT2D eigenvalue weighted by Gasteiger charge is -1.94. The maximum atomic E-state index is 11.1. The van der Waals surface area contributed by atoms with Gasteiger partial charge in [-0.15, -0.1) is 0 Å². The fourth-order valence-electron chi connectivity index (χ4n) is 2.60. The van der Waals surface area contributed by atoms with Gasteiger partial charge in [0.2, 0.25) is 0 Å². The van der Waals surface area contributed by atoms with Gasteiger partial charge < -0.3 is 0 Å². The van der Waals surface area contributed by atoms with Crippen LogP contribution in [0, 0.1) is 0 Å². The first-order valence-corrected chi connectivity index (χ1v) is 10.1. The Hall–Kier alpha value is -3.92. The van der Waals surface area contributed by atoms with Crippen LogP contribution in [0.3, 0.4) is 0 Å². The van der Waals surface area contributed by atoms with E-state index in [2.05, 4.69) is 0 Å². The Labute approximate surface area is 189 Å². The summed E-state index contributed by atoms with van der Waals surface area (Å²) in [6.45, 7) is 5.57. The minimum atomic E-state index is -0.204. The molecule has 0 aromatic heterocycles. The number of Topliss-reactive ketones (excluding diaryl/α,β-unsaturated/α-hetero) is 4. The van der Waals surface area contributed by atoms with Gasteiger partial charge in [-0.3, -0.25) is 19.2 Å². The number of allylic oxidation sites excluding steroid dienone is 6. The van der Waals surface area contributed by atoms with Gasteiger partial charge in [0.05, 0.1) is 11.1 Å². The summed E-state index contributed by atoms with van der Waals surface area (Å²) in [5.41, 5.74) is 2.52. The topological polar surface area (TPSA) is 68.3 Å². The zero-order valence-corrected chi connectivity index (χ0v) is 18.9. The first-order valence-electron chi connectivity index (χ1n) is 10.1. The maximum absolute atomic E-state index is 11.1. The van der Waals surface area contributed by atoms with Crippen LogP contribution in [-0.4, -0.2) is 23.1 Å². The molecule has 0 unspecified atom stereocenters. The summed E-state index contributed by atoms with van der Waals surface area (Å²) in [7, 11) is 0. The quantitative estimate of drug-likeness (QED) is 0.237. The van der Waals surface area contributed by atoms with Crippen LogP contribution >= 0.6 is 0 Å². The van der Waals surface area contributed by atoms with Crippen LogP contribution in [0.25, 0.3) is 12.2 Å². The van der Waals surface area contributed by atoms with E-state index in [1.54, 1.807) is 24.3 Å². The van der Waals surface area contributed by atoms with E-state index >= 15 is 0 Å². The van der Waals surface area contributed by atoms with E-state index in [-0.39, 0.29) is 34.3 Å². The number of hydrogen-bond donors (Lipinski definition) is 0. The Morgan fingerprint density at radius 1 is 0.500 bits per heavy atom. The number of rotatable bonds is 8. The molecule has 2 rings (SSSR count). The van der Waals surface area contributed by atoms with Crippen molar-refractivity contribution in [2.75, 3.05) is 0 Å². The molecule has 0 amide bonds. The Kier molecular flexibility index (Phi) is 11.5. The van der Waals surface area contributed by atoms with Gasteiger partial charge in [-0.05, 0) is 51.0 Å². The standard InChI is InChI=1S/2C14H14O2/c2*1-11(15)14(12(2)16)10-6-9-13-7-4-3-5-8-13/h2*3-10H,1-2H3/b2*9-6+. The Balaban J connectivity index is 0.000000320. The smallest absolute Gasteiger partial charge is 0.163 e. The number of carbonyl (C=O) groups is 4. The lowest BCUT2D eigenvalue weighted by atomic mass is 10.1. The Bertz CT molecular complexity index is 934. The predicted octanol–water partition coefficient (Wildman–Crippen LogP) is 5.61. The number of ketones is 4. The van der Waals surface area contributed by atoms with Crippen LogP contribution in [0.5, 0.6) is 0 Å². The molecule has 0 fully saturated rings. The van der Waals surface area contributed by atoms with E-state index in [4.69, 9.17) is 0 Å². The second-order valence-corrected chi connectivity index (χ2v) is 6.93. The van der Waals surface area contributed by atoms with E-state index < -0.39 is 0 Å². The molecule has 0 saturated heterocycles. The van der Waals surface area contributed by atoms with Crippen LogP contribution < -0.4 is 0 Å². The van der Waals surface area contributed by atoms with Crippen molar-refractivity contribution in [3.8, 4) is 0 Å². The van der Waals surface area contributed by atoms with E-state index in [0.29, 0.717) is 0 Å². The third-order valence-electron chi connectivity index (χ3n) is 4.22. The average Bonchev–Trinajstić information content (AvgIpc) is 2.75. The summed E-state index contributed by atoms with van der Waals surface area (Å²) in [5.74, 6) is -0.814. The minimum Gasteiger partial charge on any atom is -0.294 e. The van der Waals surface area contributed by atoms with Crippen LogP contribution in [-0.2, 0) is 19.2 Å². The summed E-state index contributed by atoms with van der Waals surface area (Å²) < 4.78 is 0. The van der Waals surface area contributed by atoms with Crippen LogP contribution in [0.1, 0.15) is 38.8 Å². The zero-order valence-electron chi connectivity index (χ0n) is 18.9. The molecule has 32 heavy (non-hydrogen) atoms.